The molecule has 11 heteroatoms. The fraction of sp³-hybridized carbons (Fsp3) is 0. The summed E-state index contributed by atoms with van der Waals surface area (Å²) in [5.74, 6) is -3.90. The van der Waals surface area contributed by atoms with E-state index in [2.05, 4.69) is 25.1 Å². The van der Waals surface area contributed by atoms with Crippen LogP contribution in [0.15, 0.2) is 23.6 Å². The predicted molar refractivity (Wildman–Crippen MR) is 69.9 cm³/mol. The molecule has 0 saturated heterocycles. The zero-order chi connectivity index (χ0) is 15.9. The summed E-state index contributed by atoms with van der Waals surface area (Å²) in [6.45, 7) is 0. The minimum atomic E-state index is -1.23. The number of azide groups is 1. The maximum Gasteiger partial charge on any atom is 0.254 e. The van der Waals surface area contributed by atoms with Gasteiger partial charge in [0.1, 0.15) is 34.7 Å². The summed E-state index contributed by atoms with van der Waals surface area (Å²) in [6.07, 6.45) is 1.09. The molecule has 0 N–H and O–H groups in total. The van der Waals surface area contributed by atoms with E-state index in [1.54, 1.807) is 0 Å². The lowest BCUT2D eigenvalue weighted by Gasteiger charge is -2.10. The molecule has 0 aliphatic rings. The number of hydrogen-bond donors (Lipinski definition) is 0. The first-order valence-electron chi connectivity index (χ1n) is 5.62. The van der Waals surface area contributed by atoms with Gasteiger partial charge < -0.3 is 0 Å². The zero-order valence-corrected chi connectivity index (χ0v) is 11.1. The van der Waals surface area contributed by atoms with Gasteiger partial charge in [0.2, 0.25) is 0 Å². The van der Waals surface area contributed by atoms with Crippen LogP contribution in [0, 0.1) is 17.5 Å². The molecule has 22 heavy (non-hydrogen) atoms. The molecule has 2 heterocycles. The molecule has 0 aliphatic carbocycles. The summed E-state index contributed by atoms with van der Waals surface area (Å²) >= 11 is 5.92. The van der Waals surface area contributed by atoms with Gasteiger partial charge in [-0.3, -0.25) is 0 Å². The van der Waals surface area contributed by atoms with Crippen molar-refractivity contribution in [3.63, 3.8) is 0 Å². The quantitative estimate of drug-likeness (QED) is 0.310. The van der Waals surface area contributed by atoms with Gasteiger partial charge in [-0.15, -0.1) is 0 Å². The van der Waals surface area contributed by atoms with Crippen molar-refractivity contribution in [3.8, 4) is 11.1 Å². The van der Waals surface area contributed by atoms with Crippen LogP contribution in [0.3, 0.4) is 0 Å². The molecule has 0 amide bonds. The molecule has 0 radical (unpaired) electrons. The molecule has 0 aliphatic heterocycles. The highest BCUT2D eigenvalue weighted by atomic mass is 35.5. The molecule has 110 valence electrons. The number of benzene rings is 1. The first-order valence-corrected chi connectivity index (χ1v) is 6.00. The first kappa shape index (κ1) is 14.1. The molecule has 0 saturated carbocycles. The van der Waals surface area contributed by atoms with Crippen LogP contribution in [-0.2, 0) is 0 Å². The lowest BCUT2D eigenvalue weighted by atomic mass is 10.1. The van der Waals surface area contributed by atoms with Crippen molar-refractivity contribution in [2.45, 2.75) is 0 Å². The van der Waals surface area contributed by atoms with Crippen molar-refractivity contribution < 1.29 is 13.2 Å². The van der Waals surface area contributed by atoms with Crippen LogP contribution < -0.4 is 0 Å². The molecule has 0 bridgehead atoms. The molecule has 0 fully saturated rings. The summed E-state index contributed by atoms with van der Waals surface area (Å²) in [4.78, 5) is 10.1. The van der Waals surface area contributed by atoms with Gasteiger partial charge in [-0.05, 0) is 10.6 Å². The molecule has 1 aromatic carbocycles. The number of rotatable bonds is 2. The molecule has 3 rings (SSSR count). The van der Waals surface area contributed by atoms with Gasteiger partial charge in [0.05, 0.1) is 11.1 Å². The maximum atomic E-state index is 14.0. The topological polar surface area (TPSA) is 91.8 Å². The lowest BCUT2D eigenvalue weighted by molar-refractivity contribution is 0.548. The van der Waals surface area contributed by atoms with E-state index in [0.717, 1.165) is 10.8 Å². The van der Waals surface area contributed by atoms with Crippen molar-refractivity contribution in [1.29, 1.82) is 0 Å². The molecule has 0 atom stereocenters. The molecule has 7 nitrogen and oxygen atoms in total. The first-order chi connectivity index (χ1) is 10.5. The van der Waals surface area contributed by atoms with E-state index in [1.165, 1.54) is 0 Å². The second kappa shape index (κ2) is 5.17. The number of hydrogen-bond acceptors (Lipinski definition) is 4. The standard InChI is InChI=1S/C11H3ClF3N7/c12-9-8(7-5(14)1-4(13)2-6(7)15)10(20-21-16)22-11(19-9)17-3-18-22/h1-3H. The number of aromatic nitrogens is 4. The highest BCUT2D eigenvalue weighted by molar-refractivity contribution is 6.32. The fourth-order valence-corrected chi connectivity index (χ4v) is 2.19. The second-order valence-electron chi connectivity index (χ2n) is 4.01. The van der Waals surface area contributed by atoms with E-state index in [4.69, 9.17) is 17.1 Å². The van der Waals surface area contributed by atoms with Crippen molar-refractivity contribution in [1.82, 2.24) is 19.6 Å². The van der Waals surface area contributed by atoms with Crippen molar-refractivity contribution >= 4 is 23.2 Å². The summed E-state index contributed by atoms with van der Waals surface area (Å²) in [5.41, 5.74) is 7.61. The van der Waals surface area contributed by atoms with Gasteiger partial charge in [-0.2, -0.15) is 19.6 Å². The number of nitrogens with zero attached hydrogens (tertiary/aromatic N) is 7. The zero-order valence-electron chi connectivity index (χ0n) is 10.4. The predicted octanol–water partition coefficient (Wildman–Crippen LogP) is 3.80. The van der Waals surface area contributed by atoms with E-state index in [1.807, 2.05) is 0 Å². The average molecular weight is 326 g/mol. The molecule has 3 aromatic rings. The van der Waals surface area contributed by atoms with Crippen LogP contribution in [-0.4, -0.2) is 19.6 Å². The van der Waals surface area contributed by atoms with E-state index >= 15 is 0 Å². The van der Waals surface area contributed by atoms with Crippen LogP contribution in [0.5, 0.6) is 0 Å². The van der Waals surface area contributed by atoms with Gasteiger partial charge in [0.15, 0.2) is 0 Å². The normalized spacial score (nSPS) is 10.7. The third kappa shape index (κ3) is 2.10. The smallest absolute Gasteiger partial charge is 0.207 e. The van der Waals surface area contributed by atoms with Crippen LogP contribution >= 0.6 is 11.6 Å². The fourth-order valence-electron chi connectivity index (χ4n) is 1.93. The Hall–Kier alpha value is -2.84. The monoisotopic (exact) mass is 325 g/mol. The van der Waals surface area contributed by atoms with E-state index < -0.39 is 23.0 Å². The highest BCUT2D eigenvalue weighted by Gasteiger charge is 2.23. The lowest BCUT2D eigenvalue weighted by Crippen LogP contribution is -2.00. The average Bonchev–Trinajstić information content (AvgIpc) is 2.88. The van der Waals surface area contributed by atoms with Gasteiger partial charge in [-0.25, -0.2) is 13.2 Å². The van der Waals surface area contributed by atoms with Crippen molar-refractivity contribution in [3.05, 3.63) is 51.5 Å². The molecule has 2 aromatic heterocycles. The Morgan fingerprint density at radius 3 is 2.50 bits per heavy atom. The van der Waals surface area contributed by atoms with E-state index in [0.29, 0.717) is 12.1 Å². The highest BCUT2D eigenvalue weighted by Crippen LogP contribution is 2.38. The maximum absolute atomic E-state index is 14.0. The summed E-state index contributed by atoms with van der Waals surface area (Å²) in [7, 11) is 0. The summed E-state index contributed by atoms with van der Waals surface area (Å²) in [5, 5.41) is 6.71. The van der Waals surface area contributed by atoms with Crippen molar-refractivity contribution in [2.24, 2.45) is 5.11 Å². The van der Waals surface area contributed by atoms with Gasteiger partial charge in [-0.1, -0.05) is 11.6 Å². The molecule has 0 spiro atoms. The Labute approximate surface area is 124 Å². The Morgan fingerprint density at radius 1 is 1.18 bits per heavy atom. The van der Waals surface area contributed by atoms with Gasteiger partial charge in [0.25, 0.3) is 5.78 Å². The van der Waals surface area contributed by atoms with Crippen molar-refractivity contribution in [2.75, 3.05) is 0 Å². The third-order valence-corrected chi connectivity index (χ3v) is 3.03. The SMILES string of the molecule is [N-]=[N+]=Nc1c(-c2c(F)cc(F)cc2F)c(Cl)nc2ncnn12. The minimum Gasteiger partial charge on any atom is -0.207 e. The van der Waals surface area contributed by atoms with Crippen LogP contribution in [0.25, 0.3) is 27.3 Å². The Kier molecular flexibility index (Phi) is 3.32. The summed E-state index contributed by atoms with van der Waals surface area (Å²) in [6, 6.07) is 0.945. The van der Waals surface area contributed by atoms with Crippen LogP contribution in [0.4, 0.5) is 19.0 Å². The van der Waals surface area contributed by atoms with E-state index in [9.17, 15) is 13.2 Å². The molecule has 0 unspecified atom stereocenters. The Balaban J connectivity index is 2.48. The van der Waals surface area contributed by atoms with Gasteiger partial charge >= 0.3 is 0 Å². The van der Waals surface area contributed by atoms with E-state index in [-0.39, 0.29) is 22.3 Å². The minimum absolute atomic E-state index is 0.0286. The second-order valence-corrected chi connectivity index (χ2v) is 4.36. The summed E-state index contributed by atoms with van der Waals surface area (Å²) < 4.78 is 42.0. The number of fused-ring (bicyclic) bond motifs is 1. The van der Waals surface area contributed by atoms with Gasteiger partial charge in [0, 0.05) is 17.0 Å². The Bertz CT molecular complexity index is 925. The van der Waals surface area contributed by atoms with Crippen LogP contribution in [0.2, 0.25) is 5.15 Å². The Morgan fingerprint density at radius 2 is 1.86 bits per heavy atom. The van der Waals surface area contributed by atoms with Crippen LogP contribution in [0.1, 0.15) is 0 Å². The molecular weight excluding hydrogens is 323 g/mol. The number of halogens is 4. The molecular formula is C11H3ClF3N7. The largest absolute Gasteiger partial charge is 0.254 e. The third-order valence-electron chi connectivity index (χ3n) is 2.75.